The van der Waals surface area contributed by atoms with Crippen LogP contribution in [0.15, 0.2) is 40.2 Å². The van der Waals surface area contributed by atoms with Crippen molar-refractivity contribution in [2.75, 3.05) is 33.3 Å². The van der Waals surface area contributed by atoms with E-state index in [9.17, 15) is 9.59 Å². The van der Waals surface area contributed by atoms with Gasteiger partial charge >= 0.3 is 0 Å². The Morgan fingerprint density at radius 3 is 2.68 bits per heavy atom. The van der Waals surface area contributed by atoms with Crippen LogP contribution in [0.4, 0.5) is 0 Å². The second kappa shape index (κ2) is 9.40. The van der Waals surface area contributed by atoms with Crippen molar-refractivity contribution in [2.45, 2.75) is 19.9 Å². The van der Waals surface area contributed by atoms with Gasteiger partial charge in [0.25, 0.3) is 0 Å². The van der Waals surface area contributed by atoms with Crippen LogP contribution < -0.4 is 4.74 Å². The summed E-state index contributed by atoms with van der Waals surface area (Å²) in [5, 5.41) is 6.03. The molecule has 1 fully saturated rings. The van der Waals surface area contributed by atoms with Crippen molar-refractivity contribution in [3.8, 4) is 16.5 Å². The molecular weight excluding hydrogens is 416 g/mol. The van der Waals surface area contributed by atoms with Crippen LogP contribution in [0.5, 0.6) is 5.75 Å². The standard InChI is InChI=1S/C22H24N4O4S/c1-15(27)16-5-6-18(29-2)17(12-16)13-21(28)26-9-7-25(8-10-26)14-20-23-22(24-30-20)19-4-3-11-31-19/h3-6,11-12H,7-10,13-14H2,1-2H3. The van der Waals surface area contributed by atoms with Gasteiger partial charge < -0.3 is 14.2 Å². The Morgan fingerprint density at radius 1 is 1.19 bits per heavy atom. The second-order valence-electron chi connectivity index (χ2n) is 7.41. The zero-order chi connectivity index (χ0) is 21.8. The van der Waals surface area contributed by atoms with E-state index < -0.39 is 0 Å². The maximum atomic E-state index is 12.8. The number of hydrogen-bond donors (Lipinski definition) is 0. The van der Waals surface area contributed by atoms with Gasteiger partial charge in [-0.25, -0.2) is 0 Å². The molecule has 31 heavy (non-hydrogen) atoms. The highest BCUT2D eigenvalue weighted by Gasteiger charge is 2.24. The molecule has 0 atom stereocenters. The van der Waals surface area contributed by atoms with E-state index in [1.807, 2.05) is 22.4 Å². The number of carbonyl (C=O) groups excluding carboxylic acids is 2. The average Bonchev–Trinajstić information content (AvgIpc) is 3.46. The van der Waals surface area contributed by atoms with Gasteiger partial charge in [-0.05, 0) is 36.6 Å². The molecule has 1 aliphatic heterocycles. The number of ketones is 1. The molecule has 0 saturated carbocycles. The van der Waals surface area contributed by atoms with E-state index in [2.05, 4.69) is 15.0 Å². The molecule has 9 heteroatoms. The number of nitrogens with zero attached hydrogens (tertiary/aromatic N) is 4. The Morgan fingerprint density at radius 2 is 2.00 bits per heavy atom. The average molecular weight is 441 g/mol. The lowest BCUT2D eigenvalue weighted by atomic mass is 10.0. The molecule has 162 valence electrons. The summed E-state index contributed by atoms with van der Waals surface area (Å²) in [6.45, 7) is 4.79. The Hall–Kier alpha value is -3.04. The molecule has 0 aliphatic carbocycles. The van der Waals surface area contributed by atoms with Crippen molar-refractivity contribution in [1.82, 2.24) is 19.9 Å². The molecule has 0 N–H and O–H groups in total. The van der Waals surface area contributed by atoms with Gasteiger partial charge in [0, 0.05) is 37.3 Å². The van der Waals surface area contributed by atoms with E-state index in [0.29, 0.717) is 42.7 Å². The van der Waals surface area contributed by atoms with Crippen LogP contribution >= 0.6 is 11.3 Å². The van der Waals surface area contributed by atoms with Gasteiger partial charge in [-0.1, -0.05) is 11.2 Å². The fourth-order valence-electron chi connectivity index (χ4n) is 3.58. The number of carbonyl (C=O) groups is 2. The van der Waals surface area contributed by atoms with Crippen LogP contribution in [-0.4, -0.2) is 64.9 Å². The predicted octanol–water partition coefficient (Wildman–Crippen LogP) is 2.90. The number of methoxy groups -OCH3 is 1. The van der Waals surface area contributed by atoms with Crippen molar-refractivity contribution in [3.63, 3.8) is 0 Å². The van der Waals surface area contributed by atoms with Crippen LogP contribution in [0.25, 0.3) is 10.7 Å². The van der Waals surface area contributed by atoms with Crippen molar-refractivity contribution in [1.29, 1.82) is 0 Å². The third-order valence-electron chi connectivity index (χ3n) is 5.32. The van der Waals surface area contributed by atoms with Crippen molar-refractivity contribution >= 4 is 23.0 Å². The van der Waals surface area contributed by atoms with Gasteiger partial charge in [0.1, 0.15) is 5.75 Å². The normalized spacial score (nSPS) is 14.6. The van der Waals surface area contributed by atoms with Crippen LogP contribution in [0.1, 0.15) is 28.7 Å². The third-order valence-corrected chi connectivity index (χ3v) is 6.19. The summed E-state index contributed by atoms with van der Waals surface area (Å²) in [5.41, 5.74) is 1.31. The highest BCUT2D eigenvalue weighted by Crippen LogP contribution is 2.23. The maximum Gasteiger partial charge on any atom is 0.241 e. The van der Waals surface area contributed by atoms with Gasteiger partial charge in [0.05, 0.1) is 25.0 Å². The number of ether oxygens (including phenoxy) is 1. The van der Waals surface area contributed by atoms with Gasteiger partial charge in [-0.15, -0.1) is 11.3 Å². The fraction of sp³-hybridized carbons (Fsp3) is 0.364. The number of aromatic nitrogens is 2. The lowest BCUT2D eigenvalue weighted by Gasteiger charge is -2.34. The summed E-state index contributed by atoms with van der Waals surface area (Å²) in [5.74, 6) is 1.80. The summed E-state index contributed by atoms with van der Waals surface area (Å²) in [6.07, 6.45) is 0.206. The van der Waals surface area contributed by atoms with Crippen LogP contribution in [0, 0.1) is 0 Å². The first-order valence-corrected chi connectivity index (χ1v) is 11.0. The predicted molar refractivity (Wildman–Crippen MR) is 116 cm³/mol. The minimum Gasteiger partial charge on any atom is -0.496 e. The molecule has 3 aromatic rings. The number of hydrogen-bond acceptors (Lipinski definition) is 8. The Labute approximate surface area is 184 Å². The van der Waals surface area contributed by atoms with Gasteiger partial charge in [-0.2, -0.15) is 4.98 Å². The largest absolute Gasteiger partial charge is 0.496 e. The zero-order valence-electron chi connectivity index (χ0n) is 17.5. The zero-order valence-corrected chi connectivity index (χ0v) is 18.4. The van der Waals surface area contributed by atoms with E-state index >= 15 is 0 Å². The molecule has 1 aliphatic rings. The number of amides is 1. The molecule has 2 aromatic heterocycles. The number of rotatable bonds is 7. The number of thiophene rings is 1. The molecule has 0 unspecified atom stereocenters. The first-order valence-electron chi connectivity index (χ1n) is 10.1. The SMILES string of the molecule is COc1ccc(C(C)=O)cc1CC(=O)N1CCN(Cc2nc(-c3cccs3)no2)CC1. The summed E-state index contributed by atoms with van der Waals surface area (Å²) in [4.78, 5) is 34.0. The molecule has 0 radical (unpaired) electrons. The first kappa shape index (κ1) is 21.2. The molecule has 4 rings (SSSR count). The highest BCUT2D eigenvalue weighted by molar-refractivity contribution is 7.13. The lowest BCUT2D eigenvalue weighted by molar-refractivity contribution is -0.132. The van der Waals surface area contributed by atoms with E-state index in [4.69, 9.17) is 9.26 Å². The van der Waals surface area contributed by atoms with Crippen molar-refractivity contribution in [2.24, 2.45) is 0 Å². The molecule has 0 bridgehead atoms. The molecule has 1 aromatic carbocycles. The Balaban J connectivity index is 1.32. The van der Waals surface area contributed by atoms with E-state index in [0.717, 1.165) is 23.5 Å². The minimum atomic E-state index is -0.0340. The smallest absolute Gasteiger partial charge is 0.241 e. The minimum absolute atomic E-state index is 0.0245. The van der Waals surface area contributed by atoms with E-state index in [1.165, 1.54) is 6.92 Å². The van der Waals surface area contributed by atoms with Crippen LogP contribution in [0.3, 0.4) is 0 Å². The van der Waals surface area contributed by atoms with Crippen molar-refractivity contribution < 1.29 is 18.8 Å². The lowest BCUT2D eigenvalue weighted by Crippen LogP contribution is -2.48. The monoisotopic (exact) mass is 440 g/mol. The Kier molecular flexibility index (Phi) is 6.43. The van der Waals surface area contributed by atoms with Gasteiger partial charge in [0.2, 0.25) is 17.6 Å². The third kappa shape index (κ3) is 5.00. The van der Waals surface area contributed by atoms with Gasteiger partial charge in [0.15, 0.2) is 5.78 Å². The number of piperazine rings is 1. The fourth-order valence-corrected chi connectivity index (χ4v) is 4.23. The molecule has 0 spiro atoms. The maximum absolute atomic E-state index is 12.8. The summed E-state index contributed by atoms with van der Waals surface area (Å²) < 4.78 is 10.8. The van der Waals surface area contributed by atoms with Crippen molar-refractivity contribution in [3.05, 3.63) is 52.7 Å². The van der Waals surface area contributed by atoms with Crippen LogP contribution in [-0.2, 0) is 17.8 Å². The quantitative estimate of drug-likeness (QED) is 0.522. The molecule has 8 nitrogen and oxygen atoms in total. The second-order valence-corrected chi connectivity index (χ2v) is 8.35. The first-order chi connectivity index (χ1) is 15.0. The number of benzene rings is 1. The van der Waals surface area contributed by atoms with E-state index in [1.54, 1.807) is 36.6 Å². The molecule has 1 amide bonds. The summed E-state index contributed by atoms with van der Waals surface area (Å²) in [6, 6.07) is 9.13. The Bertz CT molecular complexity index is 1060. The molecule has 1 saturated heterocycles. The number of Topliss-reactive ketones (excluding diaryl/α,β-unsaturated/α-hetero) is 1. The highest BCUT2D eigenvalue weighted by atomic mass is 32.1. The van der Waals surface area contributed by atoms with E-state index in [-0.39, 0.29) is 18.1 Å². The van der Waals surface area contributed by atoms with Gasteiger partial charge in [-0.3, -0.25) is 14.5 Å². The summed E-state index contributed by atoms with van der Waals surface area (Å²) >= 11 is 1.57. The molecular formula is C22H24N4O4S. The van der Waals surface area contributed by atoms with Crippen LogP contribution in [0.2, 0.25) is 0 Å². The topological polar surface area (TPSA) is 88.8 Å². The summed E-state index contributed by atoms with van der Waals surface area (Å²) in [7, 11) is 1.57. The molecule has 3 heterocycles.